The largest absolute Gasteiger partial charge is 0.484 e. The van der Waals surface area contributed by atoms with Crippen LogP contribution < -0.4 is 10.1 Å². The number of fused-ring (bicyclic) bond motifs is 1. The highest BCUT2D eigenvalue weighted by Crippen LogP contribution is 2.18. The van der Waals surface area contributed by atoms with Crippen LogP contribution >= 0.6 is 0 Å². The lowest BCUT2D eigenvalue weighted by atomic mass is 10.0. The van der Waals surface area contributed by atoms with Crippen LogP contribution in [0.25, 0.3) is 5.52 Å². The van der Waals surface area contributed by atoms with Crippen LogP contribution in [0.1, 0.15) is 33.2 Å². The van der Waals surface area contributed by atoms with Crippen molar-refractivity contribution in [3.05, 3.63) is 95.8 Å². The molecule has 0 saturated heterocycles. The van der Waals surface area contributed by atoms with E-state index in [0.717, 1.165) is 0 Å². The molecule has 8 heteroatoms. The van der Waals surface area contributed by atoms with Gasteiger partial charge in [-0.15, -0.1) is 0 Å². The molecule has 0 radical (unpaired) electrons. The molecule has 0 fully saturated rings. The third-order valence-corrected chi connectivity index (χ3v) is 4.82. The molecule has 0 aliphatic rings. The molecule has 4 aromatic rings. The van der Waals surface area contributed by atoms with E-state index in [2.05, 4.69) is 10.4 Å². The van der Waals surface area contributed by atoms with Crippen LogP contribution in [0.15, 0.2) is 79.1 Å². The van der Waals surface area contributed by atoms with Gasteiger partial charge in [-0.1, -0.05) is 30.3 Å². The molecular formula is C25H21N3O5. The van der Waals surface area contributed by atoms with Crippen molar-refractivity contribution >= 4 is 28.9 Å². The Morgan fingerprint density at radius 2 is 1.70 bits per heavy atom. The van der Waals surface area contributed by atoms with Crippen LogP contribution in [-0.2, 0) is 9.53 Å². The zero-order chi connectivity index (χ0) is 23.2. The van der Waals surface area contributed by atoms with Crippen molar-refractivity contribution in [2.75, 3.05) is 18.5 Å². The van der Waals surface area contributed by atoms with E-state index in [0.29, 0.717) is 33.6 Å². The monoisotopic (exact) mass is 443 g/mol. The highest BCUT2D eigenvalue weighted by Gasteiger charge is 2.15. The second kappa shape index (κ2) is 9.78. The molecule has 33 heavy (non-hydrogen) atoms. The molecule has 2 aromatic heterocycles. The first kappa shape index (κ1) is 21.8. The third kappa shape index (κ3) is 5.07. The Kier molecular flexibility index (Phi) is 6.45. The topological polar surface area (TPSA) is 99.0 Å². The Labute approximate surface area is 189 Å². The van der Waals surface area contributed by atoms with E-state index in [-0.39, 0.29) is 24.9 Å². The number of hydrogen-bond donors (Lipinski definition) is 1. The van der Waals surface area contributed by atoms with Crippen LogP contribution in [-0.4, -0.2) is 40.5 Å². The van der Waals surface area contributed by atoms with Gasteiger partial charge in [-0.3, -0.25) is 9.59 Å². The number of aromatic nitrogens is 2. The number of anilines is 1. The number of pyridine rings is 1. The molecule has 0 atom stereocenters. The number of carbonyl (C=O) groups excluding carboxylic acids is 3. The van der Waals surface area contributed by atoms with Gasteiger partial charge >= 0.3 is 5.97 Å². The summed E-state index contributed by atoms with van der Waals surface area (Å²) in [6.45, 7) is 1.76. The maximum atomic E-state index is 12.5. The van der Waals surface area contributed by atoms with E-state index in [1.165, 1.54) is 10.7 Å². The van der Waals surface area contributed by atoms with E-state index >= 15 is 0 Å². The van der Waals surface area contributed by atoms with Crippen molar-refractivity contribution < 1.29 is 23.9 Å². The maximum Gasteiger partial charge on any atom is 0.341 e. The molecule has 4 rings (SSSR count). The van der Waals surface area contributed by atoms with Crippen LogP contribution in [0.3, 0.4) is 0 Å². The summed E-state index contributed by atoms with van der Waals surface area (Å²) in [5.74, 6) is -0.475. The number of carbonyl (C=O) groups is 3. The van der Waals surface area contributed by atoms with Crippen LogP contribution in [0.2, 0.25) is 0 Å². The minimum atomic E-state index is -0.478. The smallest absolute Gasteiger partial charge is 0.341 e. The minimum absolute atomic E-state index is 0.0858. The molecule has 0 bridgehead atoms. The number of nitrogens with zero attached hydrogens (tertiary/aromatic N) is 2. The van der Waals surface area contributed by atoms with Crippen molar-refractivity contribution in [1.82, 2.24) is 9.61 Å². The Bertz CT molecular complexity index is 1300. The van der Waals surface area contributed by atoms with Crippen molar-refractivity contribution in [3.8, 4) is 5.75 Å². The number of ether oxygens (including phenoxy) is 2. The zero-order valence-electron chi connectivity index (χ0n) is 17.9. The maximum absolute atomic E-state index is 12.5. The van der Waals surface area contributed by atoms with E-state index in [1.807, 2.05) is 18.2 Å². The van der Waals surface area contributed by atoms with Gasteiger partial charge in [0.2, 0.25) is 0 Å². The molecule has 0 aliphatic heterocycles. The molecule has 0 saturated carbocycles. The molecule has 0 spiro atoms. The fourth-order valence-electron chi connectivity index (χ4n) is 3.23. The SMILES string of the molecule is CCOC(=O)c1cnn2ccc(NC(=O)COc3ccc(C(=O)c4ccccc4)cc3)cc12. The predicted molar refractivity (Wildman–Crippen MR) is 122 cm³/mol. The first-order chi connectivity index (χ1) is 16.0. The second-order valence-electron chi connectivity index (χ2n) is 7.08. The summed E-state index contributed by atoms with van der Waals surface area (Å²) in [5, 5.41) is 6.84. The average molecular weight is 443 g/mol. The molecule has 1 N–H and O–H groups in total. The fourth-order valence-corrected chi connectivity index (χ4v) is 3.23. The Hall–Kier alpha value is -4.46. The van der Waals surface area contributed by atoms with Crippen LogP contribution in [0.5, 0.6) is 5.75 Å². The number of ketones is 1. The van der Waals surface area contributed by atoms with Crippen LogP contribution in [0, 0.1) is 0 Å². The highest BCUT2D eigenvalue weighted by molar-refractivity contribution is 6.09. The van der Waals surface area contributed by atoms with Gasteiger partial charge < -0.3 is 14.8 Å². The molecule has 166 valence electrons. The Balaban J connectivity index is 1.36. The standard InChI is InChI=1S/C25H21N3O5/c1-2-32-25(31)21-15-26-28-13-12-19(14-22(21)28)27-23(29)16-33-20-10-8-18(9-11-20)24(30)17-6-4-3-5-7-17/h3-15H,2,16H2,1H3,(H,27,29). The number of benzene rings is 2. The fraction of sp³-hybridized carbons (Fsp3) is 0.120. The summed E-state index contributed by atoms with van der Waals surface area (Å²) in [7, 11) is 0. The van der Waals surface area contributed by atoms with Gasteiger partial charge in [-0.25, -0.2) is 9.31 Å². The number of amides is 1. The third-order valence-electron chi connectivity index (χ3n) is 4.82. The van der Waals surface area contributed by atoms with Gasteiger partial charge in [0.1, 0.15) is 11.3 Å². The molecule has 2 aromatic carbocycles. The summed E-state index contributed by atoms with van der Waals surface area (Å²) < 4.78 is 12.1. The number of nitrogens with one attached hydrogen (secondary N) is 1. The molecule has 1 amide bonds. The van der Waals surface area contributed by atoms with Gasteiger partial charge in [0, 0.05) is 23.0 Å². The van der Waals surface area contributed by atoms with E-state index < -0.39 is 5.97 Å². The summed E-state index contributed by atoms with van der Waals surface area (Å²) in [5.41, 5.74) is 2.46. The minimum Gasteiger partial charge on any atom is -0.484 e. The number of esters is 1. The first-order valence-electron chi connectivity index (χ1n) is 10.3. The highest BCUT2D eigenvalue weighted by atomic mass is 16.5. The second-order valence-corrected chi connectivity index (χ2v) is 7.08. The van der Waals surface area contributed by atoms with Gasteiger partial charge in [-0.05, 0) is 43.3 Å². The number of rotatable bonds is 8. The molecule has 8 nitrogen and oxygen atoms in total. The predicted octanol–water partition coefficient (Wildman–Crippen LogP) is 3.76. The van der Waals surface area contributed by atoms with E-state index in [4.69, 9.17) is 9.47 Å². The molecule has 0 aliphatic carbocycles. The summed E-state index contributed by atoms with van der Waals surface area (Å²) in [6.07, 6.45) is 3.06. The van der Waals surface area contributed by atoms with E-state index in [9.17, 15) is 14.4 Å². The molecular weight excluding hydrogens is 422 g/mol. The van der Waals surface area contributed by atoms with Gasteiger partial charge in [0.25, 0.3) is 5.91 Å². The van der Waals surface area contributed by atoms with Crippen LogP contribution in [0.4, 0.5) is 5.69 Å². The van der Waals surface area contributed by atoms with E-state index in [1.54, 1.807) is 61.7 Å². The summed E-state index contributed by atoms with van der Waals surface area (Å²) in [6, 6.07) is 18.9. The lowest BCUT2D eigenvalue weighted by Gasteiger charge is -2.09. The van der Waals surface area contributed by atoms with Crippen molar-refractivity contribution in [3.63, 3.8) is 0 Å². The first-order valence-corrected chi connectivity index (χ1v) is 10.3. The normalized spacial score (nSPS) is 10.6. The van der Waals surface area contributed by atoms with Gasteiger partial charge in [0.15, 0.2) is 12.4 Å². The Morgan fingerprint density at radius 3 is 2.42 bits per heavy atom. The zero-order valence-corrected chi connectivity index (χ0v) is 17.9. The summed E-state index contributed by atoms with van der Waals surface area (Å²) in [4.78, 5) is 36.9. The average Bonchev–Trinajstić information content (AvgIpc) is 3.27. The van der Waals surface area contributed by atoms with Crippen molar-refractivity contribution in [2.45, 2.75) is 6.92 Å². The lowest BCUT2D eigenvalue weighted by molar-refractivity contribution is -0.118. The molecule has 2 heterocycles. The lowest BCUT2D eigenvalue weighted by Crippen LogP contribution is -2.20. The van der Waals surface area contributed by atoms with Crippen molar-refractivity contribution in [2.24, 2.45) is 0 Å². The van der Waals surface area contributed by atoms with Gasteiger partial charge in [-0.2, -0.15) is 5.10 Å². The van der Waals surface area contributed by atoms with Crippen molar-refractivity contribution in [1.29, 1.82) is 0 Å². The quantitative estimate of drug-likeness (QED) is 0.329. The Morgan fingerprint density at radius 1 is 0.970 bits per heavy atom. The molecule has 0 unspecified atom stereocenters. The van der Waals surface area contributed by atoms with Gasteiger partial charge in [0.05, 0.1) is 18.3 Å². The summed E-state index contributed by atoms with van der Waals surface area (Å²) >= 11 is 0. The number of hydrogen-bond acceptors (Lipinski definition) is 6.